The van der Waals surface area contributed by atoms with Gasteiger partial charge in [0.2, 0.25) is 0 Å². The first-order valence-corrected chi connectivity index (χ1v) is 8.76. The van der Waals surface area contributed by atoms with Crippen LogP contribution in [-0.2, 0) is 6.42 Å². The standard InChI is InChI=1S/C24H17NO/c26-23-10-4-7-17-12-14-19(25-24(17)23)13-11-16-6-3-9-21-20-8-2-1-5-18(20)15-22(16)21/h1-14,26H,15H2. The van der Waals surface area contributed by atoms with Gasteiger partial charge in [0.25, 0.3) is 0 Å². The van der Waals surface area contributed by atoms with Gasteiger partial charge in [-0.1, -0.05) is 66.7 Å². The lowest BCUT2D eigenvalue weighted by Gasteiger charge is -2.05. The van der Waals surface area contributed by atoms with E-state index < -0.39 is 0 Å². The van der Waals surface area contributed by atoms with Crippen molar-refractivity contribution >= 4 is 23.1 Å². The summed E-state index contributed by atoms with van der Waals surface area (Å²) in [7, 11) is 0. The van der Waals surface area contributed by atoms with E-state index in [2.05, 4.69) is 53.5 Å². The van der Waals surface area contributed by atoms with Crippen LogP contribution in [0.15, 0.2) is 72.8 Å². The molecule has 1 aromatic heterocycles. The highest BCUT2D eigenvalue weighted by Gasteiger charge is 2.19. The average Bonchev–Trinajstić information content (AvgIpc) is 3.06. The Hall–Kier alpha value is -3.39. The maximum atomic E-state index is 10.0. The highest BCUT2D eigenvalue weighted by atomic mass is 16.3. The van der Waals surface area contributed by atoms with Crippen molar-refractivity contribution in [1.29, 1.82) is 0 Å². The summed E-state index contributed by atoms with van der Waals surface area (Å²) in [6.07, 6.45) is 5.11. The van der Waals surface area contributed by atoms with Gasteiger partial charge >= 0.3 is 0 Å². The van der Waals surface area contributed by atoms with Crippen molar-refractivity contribution in [3.05, 3.63) is 95.2 Å². The van der Waals surface area contributed by atoms with Gasteiger partial charge in [-0.05, 0) is 52.4 Å². The van der Waals surface area contributed by atoms with Crippen molar-refractivity contribution in [1.82, 2.24) is 4.98 Å². The fraction of sp³-hybridized carbons (Fsp3) is 0.0417. The molecular formula is C24H17NO. The van der Waals surface area contributed by atoms with Gasteiger partial charge in [0.15, 0.2) is 0 Å². The molecule has 0 aliphatic heterocycles. The van der Waals surface area contributed by atoms with Gasteiger partial charge in [-0.3, -0.25) is 0 Å². The number of hydrogen-bond acceptors (Lipinski definition) is 2. The van der Waals surface area contributed by atoms with Crippen LogP contribution in [-0.4, -0.2) is 10.1 Å². The maximum Gasteiger partial charge on any atom is 0.141 e. The number of rotatable bonds is 2. The van der Waals surface area contributed by atoms with Crippen LogP contribution in [0.4, 0.5) is 0 Å². The Morgan fingerprint density at radius 3 is 2.58 bits per heavy atom. The summed E-state index contributed by atoms with van der Waals surface area (Å²) in [6.45, 7) is 0. The van der Waals surface area contributed by atoms with Crippen molar-refractivity contribution in [2.24, 2.45) is 0 Å². The van der Waals surface area contributed by atoms with Crippen molar-refractivity contribution in [3.8, 4) is 16.9 Å². The van der Waals surface area contributed by atoms with Crippen LogP contribution in [0.2, 0.25) is 0 Å². The van der Waals surface area contributed by atoms with Crippen LogP contribution in [0.25, 0.3) is 34.2 Å². The molecule has 2 heteroatoms. The second kappa shape index (κ2) is 5.85. The first-order valence-electron chi connectivity index (χ1n) is 8.76. The second-order valence-electron chi connectivity index (χ2n) is 6.63. The predicted molar refractivity (Wildman–Crippen MR) is 107 cm³/mol. The molecule has 3 aromatic carbocycles. The van der Waals surface area contributed by atoms with Crippen molar-refractivity contribution in [3.63, 3.8) is 0 Å². The SMILES string of the molecule is Oc1cccc2ccc(C=Cc3cccc4c3Cc3ccccc3-4)nc12. The van der Waals surface area contributed by atoms with E-state index in [9.17, 15) is 5.11 Å². The van der Waals surface area contributed by atoms with Gasteiger partial charge in [0.05, 0.1) is 5.69 Å². The highest BCUT2D eigenvalue weighted by Crippen LogP contribution is 2.38. The number of para-hydroxylation sites is 1. The van der Waals surface area contributed by atoms with Crippen LogP contribution in [0.3, 0.4) is 0 Å². The molecule has 124 valence electrons. The highest BCUT2D eigenvalue weighted by molar-refractivity contribution is 5.86. The zero-order valence-electron chi connectivity index (χ0n) is 14.2. The molecular weight excluding hydrogens is 318 g/mol. The number of pyridine rings is 1. The summed E-state index contributed by atoms with van der Waals surface area (Å²) in [5.41, 5.74) is 8.12. The molecule has 0 radical (unpaired) electrons. The Morgan fingerprint density at radius 2 is 1.62 bits per heavy atom. The van der Waals surface area contributed by atoms with Gasteiger partial charge in [-0.25, -0.2) is 4.98 Å². The minimum absolute atomic E-state index is 0.216. The zero-order valence-corrected chi connectivity index (χ0v) is 14.2. The molecule has 1 heterocycles. The Morgan fingerprint density at radius 1 is 0.769 bits per heavy atom. The Balaban J connectivity index is 1.54. The number of phenols is 1. The molecule has 1 aliphatic rings. The van der Waals surface area contributed by atoms with Crippen molar-refractivity contribution < 1.29 is 5.11 Å². The molecule has 2 nitrogen and oxygen atoms in total. The third-order valence-electron chi connectivity index (χ3n) is 5.04. The normalized spacial score (nSPS) is 12.5. The molecule has 0 spiro atoms. The van der Waals surface area contributed by atoms with Crippen LogP contribution in [0, 0.1) is 0 Å². The first kappa shape index (κ1) is 14.9. The number of phenolic OH excluding ortho intramolecular Hbond substituents is 1. The summed E-state index contributed by atoms with van der Waals surface area (Å²) >= 11 is 0. The summed E-state index contributed by atoms with van der Waals surface area (Å²) in [4.78, 5) is 4.59. The number of aromatic hydroxyl groups is 1. The third kappa shape index (κ3) is 2.39. The number of hydrogen-bond donors (Lipinski definition) is 1. The molecule has 0 bridgehead atoms. The lowest BCUT2D eigenvalue weighted by molar-refractivity contribution is 0.480. The summed E-state index contributed by atoms with van der Waals surface area (Å²) in [5, 5.41) is 11.0. The maximum absolute atomic E-state index is 10.0. The summed E-state index contributed by atoms with van der Waals surface area (Å²) in [6, 6.07) is 24.5. The minimum atomic E-state index is 0.216. The fourth-order valence-electron chi connectivity index (χ4n) is 3.75. The molecule has 1 aliphatic carbocycles. The topological polar surface area (TPSA) is 33.1 Å². The first-order chi connectivity index (χ1) is 12.8. The molecule has 4 aromatic rings. The van der Waals surface area contributed by atoms with Crippen molar-refractivity contribution in [2.75, 3.05) is 0 Å². The van der Waals surface area contributed by atoms with Crippen LogP contribution in [0.1, 0.15) is 22.4 Å². The predicted octanol–water partition coefficient (Wildman–Crippen LogP) is 5.68. The second-order valence-corrected chi connectivity index (χ2v) is 6.63. The van der Waals surface area contributed by atoms with Gasteiger partial charge in [-0.2, -0.15) is 0 Å². The number of fused-ring (bicyclic) bond motifs is 4. The van der Waals surface area contributed by atoms with Gasteiger partial charge < -0.3 is 5.11 Å². The van der Waals surface area contributed by atoms with E-state index in [0.717, 1.165) is 17.5 Å². The van der Waals surface area contributed by atoms with Gasteiger partial charge in [0, 0.05) is 5.39 Å². The van der Waals surface area contributed by atoms with E-state index in [1.54, 1.807) is 6.07 Å². The van der Waals surface area contributed by atoms with Crippen LogP contribution < -0.4 is 0 Å². The molecule has 1 N–H and O–H groups in total. The minimum Gasteiger partial charge on any atom is -0.506 e. The molecule has 0 amide bonds. The molecule has 5 rings (SSSR count). The average molecular weight is 335 g/mol. The summed E-state index contributed by atoms with van der Waals surface area (Å²) < 4.78 is 0. The summed E-state index contributed by atoms with van der Waals surface area (Å²) in [5.74, 6) is 0.216. The fourth-order valence-corrected chi connectivity index (χ4v) is 3.75. The zero-order chi connectivity index (χ0) is 17.5. The number of aromatic nitrogens is 1. The molecule has 0 atom stereocenters. The van der Waals surface area contributed by atoms with Gasteiger partial charge in [0.1, 0.15) is 11.3 Å². The Labute approximate surface area is 152 Å². The molecule has 0 saturated heterocycles. The molecule has 0 unspecified atom stereocenters. The largest absolute Gasteiger partial charge is 0.506 e. The van der Waals surface area contributed by atoms with Gasteiger partial charge in [-0.15, -0.1) is 0 Å². The lowest BCUT2D eigenvalue weighted by atomic mass is 10.0. The molecule has 0 fully saturated rings. The van der Waals surface area contributed by atoms with Crippen molar-refractivity contribution in [2.45, 2.75) is 6.42 Å². The van der Waals surface area contributed by atoms with E-state index in [0.29, 0.717) is 5.52 Å². The smallest absolute Gasteiger partial charge is 0.141 e. The lowest BCUT2D eigenvalue weighted by Crippen LogP contribution is -1.87. The third-order valence-corrected chi connectivity index (χ3v) is 5.04. The Kier molecular flexibility index (Phi) is 3.36. The van der Waals surface area contributed by atoms with Crippen LogP contribution >= 0.6 is 0 Å². The number of benzene rings is 3. The van der Waals surface area contributed by atoms with E-state index in [1.165, 1.54) is 27.8 Å². The van der Waals surface area contributed by atoms with E-state index in [1.807, 2.05) is 30.3 Å². The van der Waals surface area contributed by atoms with E-state index in [4.69, 9.17) is 0 Å². The number of nitrogens with zero attached hydrogens (tertiary/aromatic N) is 1. The molecule has 26 heavy (non-hydrogen) atoms. The van der Waals surface area contributed by atoms with Crippen LogP contribution in [0.5, 0.6) is 5.75 Å². The van der Waals surface area contributed by atoms with E-state index in [-0.39, 0.29) is 5.75 Å². The monoisotopic (exact) mass is 335 g/mol. The van der Waals surface area contributed by atoms with E-state index >= 15 is 0 Å². The Bertz CT molecular complexity index is 1170. The molecule has 0 saturated carbocycles. The quantitative estimate of drug-likeness (QED) is 0.450.